The first-order valence-corrected chi connectivity index (χ1v) is 25.8. The van der Waals surface area contributed by atoms with E-state index in [0.717, 1.165) is 16.0 Å². The highest BCUT2D eigenvalue weighted by Gasteiger charge is 2.29. The number of aromatic amines is 1. The van der Waals surface area contributed by atoms with Crippen LogP contribution in [-0.2, 0) is 62.6 Å². The largest absolute Gasteiger partial charge is 0.496 e. The van der Waals surface area contributed by atoms with Crippen LogP contribution in [0.3, 0.4) is 0 Å². The molecule has 1 fully saturated rings. The average Bonchev–Trinajstić information content (AvgIpc) is 3.92. The molecule has 2 aliphatic rings. The van der Waals surface area contributed by atoms with Crippen LogP contribution in [-0.4, -0.2) is 175 Å². The summed E-state index contributed by atoms with van der Waals surface area (Å²) in [5.74, 6) is -1.63. The lowest BCUT2D eigenvalue weighted by Crippen LogP contribution is -2.54. The Labute approximate surface area is 446 Å². The number of rotatable bonds is 31. The molecule has 77 heavy (non-hydrogen) atoms. The van der Waals surface area contributed by atoms with Crippen molar-refractivity contribution < 1.29 is 57.2 Å². The molecule has 25 heteroatoms. The predicted molar refractivity (Wildman–Crippen MR) is 282 cm³/mol. The minimum absolute atomic E-state index is 0.00266. The van der Waals surface area contributed by atoms with Crippen molar-refractivity contribution in [2.45, 2.75) is 78.2 Å². The molecule has 2 aromatic heterocycles. The number of aromatic nitrogens is 4. The van der Waals surface area contributed by atoms with Crippen LogP contribution >= 0.6 is 0 Å². The van der Waals surface area contributed by atoms with Crippen molar-refractivity contribution in [1.29, 1.82) is 0 Å². The number of nitrogens with two attached hydrogens (primary N) is 2. The van der Waals surface area contributed by atoms with E-state index >= 15 is 0 Å². The van der Waals surface area contributed by atoms with E-state index in [9.17, 15) is 33.6 Å². The summed E-state index contributed by atoms with van der Waals surface area (Å²) in [5, 5.41) is 8.48. The number of carbonyl (C=O) groups is 6. The van der Waals surface area contributed by atoms with E-state index in [2.05, 4.69) is 35.8 Å². The monoisotopic (exact) mass is 1070 g/mol. The topological polar surface area (TPSA) is 319 Å². The van der Waals surface area contributed by atoms with Gasteiger partial charge in [-0.1, -0.05) is 38.1 Å². The summed E-state index contributed by atoms with van der Waals surface area (Å²) in [5.41, 5.74) is 15.0. The quantitative estimate of drug-likeness (QED) is 0.0308. The Balaban J connectivity index is 0.887. The lowest BCUT2D eigenvalue weighted by Gasteiger charge is -2.34. The lowest BCUT2D eigenvalue weighted by atomic mass is 10.0. The highest BCUT2D eigenvalue weighted by molar-refractivity contribution is 6.12. The van der Waals surface area contributed by atoms with Gasteiger partial charge in [-0.25, -0.2) is 9.59 Å². The summed E-state index contributed by atoms with van der Waals surface area (Å²) >= 11 is 0. The van der Waals surface area contributed by atoms with E-state index < -0.39 is 41.6 Å². The first kappa shape index (κ1) is 58.8. The standard InChI is InChI=1S/C52H72N12O13/c1-5-76-50-59-46(54)45-47(60-50)64(51(70)58-45)32-37-12-9-36(30-40(37)72-4)31-61-19-21-62(22-20-61)52(71)77-33-35-10-13-38(14-11-35)55-48(68)39(8-6-7-18-53)56-49(69)44(34(2)3)57-41(65)17-24-73-26-28-75-29-27-74-25-23-63-42(66)15-16-43(63)67/h9-16,30,34,39,44H,5-8,17-29,31-33,53H2,1-4H3,(H,55,68)(H,56,69)(H,57,65)(H,58,70)(H2,54,59,60)/t39?,44-/m0/s1. The third kappa shape index (κ3) is 17.5. The van der Waals surface area contributed by atoms with Crippen molar-refractivity contribution >= 4 is 58.3 Å². The number of unbranched alkanes of at least 4 members (excludes halogenated alkanes) is 1. The van der Waals surface area contributed by atoms with E-state index in [-0.39, 0.29) is 95.3 Å². The molecule has 25 nitrogen and oxygen atoms in total. The van der Waals surface area contributed by atoms with Gasteiger partial charge in [0, 0.05) is 62.5 Å². The Morgan fingerprint density at radius 3 is 2.14 bits per heavy atom. The van der Waals surface area contributed by atoms with Gasteiger partial charge in [-0.15, -0.1) is 0 Å². The summed E-state index contributed by atoms with van der Waals surface area (Å²) < 4.78 is 34.7. The predicted octanol–water partition coefficient (Wildman–Crippen LogP) is 1.67. The molecule has 1 unspecified atom stereocenters. The number of imide groups is 1. The van der Waals surface area contributed by atoms with Crippen LogP contribution < -0.4 is 42.6 Å². The number of carbonyl (C=O) groups excluding carboxylic acids is 6. The van der Waals surface area contributed by atoms with Crippen molar-refractivity contribution in [2.24, 2.45) is 11.7 Å². The number of nitrogen functional groups attached to an aromatic ring is 1. The summed E-state index contributed by atoms with van der Waals surface area (Å²) in [6.45, 7) is 10.6. The van der Waals surface area contributed by atoms with Crippen LogP contribution in [0, 0.1) is 5.92 Å². The Kier molecular flexibility index (Phi) is 22.7. The third-order valence-electron chi connectivity index (χ3n) is 12.6. The SMILES string of the molecule is CCOc1nc(N)c2[nH]c(=O)n(Cc3ccc(CN4CCN(C(=O)OCc5ccc(NC(=O)C(CCCCN)NC(=O)[C@@H](NC(=O)CCOCCOCCOCCN6C(=O)C=CC6=O)C(C)C)cc5)CC4)cc3OC)c2n1. The number of ether oxygens (including phenoxy) is 6. The number of amides is 6. The van der Waals surface area contributed by atoms with Gasteiger partial charge in [0.2, 0.25) is 17.7 Å². The van der Waals surface area contributed by atoms with Crippen molar-refractivity contribution in [3.8, 4) is 11.8 Å². The number of methoxy groups -OCH3 is 1. The molecule has 0 bridgehead atoms. The number of benzene rings is 2. The van der Waals surface area contributed by atoms with E-state index in [1.807, 2.05) is 18.2 Å². The van der Waals surface area contributed by atoms with Crippen LogP contribution in [0.4, 0.5) is 16.3 Å². The number of imidazole rings is 1. The Bertz CT molecular complexity index is 2700. The Morgan fingerprint density at radius 1 is 0.805 bits per heavy atom. The van der Waals surface area contributed by atoms with Crippen molar-refractivity contribution in [3.05, 3.63) is 81.8 Å². The molecule has 6 rings (SSSR count). The fourth-order valence-electron chi connectivity index (χ4n) is 8.37. The molecular formula is C52H72N12O13. The number of nitrogens with zero attached hydrogens (tertiary/aromatic N) is 6. The van der Waals surface area contributed by atoms with Crippen LogP contribution in [0.1, 0.15) is 63.1 Å². The molecule has 2 aromatic carbocycles. The van der Waals surface area contributed by atoms with Gasteiger partial charge >= 0.3 is 17.8 Å². The number of fused-ring (bicyclic) bond motifs is 1. The number of H-pyrrole nitrogens is 1. The van der Waals surface area contributed by atoms with E-state index in [0.29, 0.717) is 93.3 Å². The van der Waals surface area contributed by atoms with Crippen molar-refractivity contribution in [3.63, 3.8) is 0 Å². The molecule has 0 aliphatic carbocycles. The van der Waals surface area contributed by atoms with Crippen LogP contribution in [0.15, 0.2) is 59.4 Å². The van der Waals surface area contributed by atoms with Crippen LogP contribution in [0.5, 0.6) is 11.8 Å². The summed E-state index contributed by atoms with van der Waals surface area (Å²) in [6.07, 6.45) is 3.54. The van der Waals surface area contributed by atoms with Gasteiger partial charge in [-0.3, -0.25) is 38.3 Å². The Hall–Kier alpha value is -7.45. The maximum absolute atomic E-state index is 13.6. The van der Waals surface area contributed by atoms with Gasteiger partial charge in [-0.2, -0.15) is 9.97 Å². The summed E-state index contributed by atoms with van der Waals surface area (Å²) in [7, 11) is 1.57. The molecule has 0 spiro atoms. The second-order valence-corrected chi connectivity index (χ2v) is 18.6. The lowest BCUT2D eigenvalue weighted by molar-refractivity contribution is -0.137. The molecule has 418 valence electrons. The number of hydrogen-bond donors (Lipinski definition) is 6. The minimum Gasteiger partial charge on any atom is -0.496 e. The molecule has 0 radical (unpaired) electrons. The smallest absolute Gasteiger partial charge is 0.410 e. The first-order chi connectivity index (χ1) is 37.2. The highest BCUT2D eigenvalue weighted by atomic mass is 16.6. The zero-order valence-corrected chi connectivity index (χ0v) is 44.2. The van der Waals surface area contributed by atoms with Gasteiger partial charge < -0.3 is 65.7 Å². The molecule has 4 heterocycles. The van der Waals surface area contributed by atoms with Gasteiger partial charge in [0.05, 0.1) is 66.4 Å². The summed E-state index contributed by atoms with van der Waals surface area (Å²) in [4.78, 5) is 105. The molecule has 2 atom stereocenters. The fraction of sp³-hybridized carbons (Fsp3) is 0.519. The molecule has 4 aromatic rings. The Morgan fingerprint density at radius 2 is 1.48 bits per heavy atom. The minimum atomic E-state index is -0.915. The number of piperazine rings is 1. The van der Waals surface area contributed by atoms with E-state index in [1.54, 1.807) is 57.0 Å². The highest BCUT2D eigenvalue weighted by Crippen LogP contribution is 2.25. The van der Waals surface area contributed by atoms with Crippen LogP contribution in [0.2, 0.25) is 0 Å². The second kappa shape index (κ2) is 29.7. The van der Waals surface area contributed by atoms with E-state index in [4.69, 9.17) is 39.9 Å². The van der Waals surface area contributed by atoms with Gasteiger partial charge in [-0.05, 0) is 68.0 Å². The molecular weight excluding hydrogens is 1000 g/mol. The average molecular weight is 1070 g/mol. The number of nitrogens with one attached hydrogen (secondary N) is 4. The zero-order valence-electron chi connectivity index (χ0n) is 44.2. The number of hydrogen-bond acceptors (Lipinski definition) is 18. The maximum Gasteiger partial charge on any atom is 0.410 e. The zero-order chi connectivity index (χ0) is 55.3. The second-order valence-electron chi connectivity index (χ2n) is 18.6. The molecule has 8 N–H and O–H groups in total. The van der Waals surface area contributed by atoms with Gasteiger partial charge in [0.25, 0.3) is 11.8 Å². The normalized spacial score (nSPS) is 14.5. The maximum atomic E-state index is 13.6. The van der Waals surface area contributed by atoms with E-state index in [1.165, 1.54) is 16.7 Å². The fourth-order valence-corrected chi connectivity index (χ4v) is 8.37. The van der Waals surface area contributed by atoms with Crippen LogP contribution in [0.25, 0.3) is 11.2 Å². The first-order valence-electron chi connectivity index (χ1n) is 25.8. The van der Waals surface area contributed by atoms with Crippen molar-refractivity contribution in [1.82, 2.24) is 44.9 Å². The third-order valence-corrected chi connectivity index (χ3v) is 12.6. The molecule has 1 saturated heterocycles. The van der Waals surface area contributed by atoms with Gasteiger partial charge in [0.15, 0.2) is 11.5 Å². The van der Waals surface area contributed by atoms with Gasteiger partial charge in [0.1, 0.15) is 30.0 Å². The summed E-state index contributed by atoms with van der Waals surface area (Å²) in [6, 6.07) is 11.0. The molecule has 0 saturated carbocycles. The van der Waals surface area contributed by atoms with Crippen molar-refractivity contribution in [2.75, 3.05) is 104 Å². The molecule has 6 amide bonds. The molecule has 2 aliphatic heterocycles. The number of anilines is 2.